The average Bonchev–Trinajstić information content (AvgIpc) is 2.63. The van der Waals surface area contributed by atoms with Crippen LogP contribution >= 0.6 is 0 Å². The van der Waals surface area contributed by atoms with Crippen LogP contribution in [0.5, 0.6) is 0 Å². The van der Waals surface area contributed by atoms with Gasteiger partial charge in [-0.3, -0.25) is 19.3 Å². The maximum Gasteiger partial charge on any atom is 0.307 e. The maximum atomic E-state index is 12.6. The fourth-order valence-electron chi connectivity index (χ4n) is 3.14. The Morgan fingerprint density at radius 3 is 2.64 bits per heavy atom. The molecule has 1 heterocycles. The number of carbonyl (C=O) groups excluding carboxylic acids is 3. The van der Waals surface area contributed by atoms with Gasteiger partial charge in [0.25, 0.3) is 0 Å². The van der Waals surface area contributed by atoms with Crippen molar-refractivity contribution < 1.29 is 19.1 Å². The molecule has 2 rings (SSSR count). The molecule has 28 heavy (non-hydrogen) atoms. The predicted molar refractivity (Wildman–Crippen MR) is 108 cm³/mol. The van der Waals surface area contributed by atoms with E-state index in [0.717, 1.165) is 11.3 Å². The van der Waals surface area contributed by atoms with E-state index >= 15 is 0 Å². The number of carbonyl (C=O) groups is 3. The van der Waals surface area contributed by atoms with E-state index in [4.69, 9.17) is 4.74 Å². The Morgan fingerprint density at radius 2 is 1.96 bits per heavy atom. The molecule has 0 radical (unpaired) electrons. The molecule has 1 fully saturated rings. The summed E-state index contributed by atoms with van der Waals surface area (Å²) in [5.41, 5.74) is 1.83. The molecule has 1 saturated heterocycles. The zero-order chi connectivity index (χ0) is 20.7. The Balaban J connectivity index is 2.00. The first-order valence-electron chi connectivity index (χ1n) is 9.84. The van der Waals surface area contributed by atoms with Crippen molar-refractivity contribution in [3.63, 3.8) is 0 Å². The summed E-state index contributed by atoms with van der Waals surface area (Å²) in [7, 11) is 0. The number of anilines is 1. The Labute approximate surface area is 166 Å². The molecule has 2 amide bonds. The summed E-state index contributed by atoms with van der Waals surface area (Å²) in [6.07, 6.45) is -0.0611. The van der Waals surface area contributed by atoms with Crippen LogP contribution < -0.4 is 10.6 Å². The molecule has 7 heteroatoms. The second kappa shape index (κ2) is 10.2. The summed E-state index contributed by atoms with van der Waals surface area (Å²) in [6, 6.07) is 6.99. The Kier molecular flexibility index (Phi) is 7.99. The molecule has 0 bridgehead atoms. The van der Waals surface area contributed by atoms with E-state index in [1.54, 1.807) is 4.90 Å². The smallest absolute Gasteiger partial charge is 0.307 e. The van der Waals surface area contributed by atoms with Crippen molar-refractivity contribution in [1.29, 1.82) is 0 Å². The van der Waals surface area contributed by atoms with E-state index in [-0.39, 0.29) is 36.6 Å². The van der Waals surface area contributed by atoms with Gasteiger partial charge in [-0.05, 0) is 23.5 Å². The Bertz CT molecular complexity index is 703. The summed E-state index contributed by atoms with van der Waals surface area (Å²) in [5.74, 6) is -0.370. The maximum absolute atomic E-state index is 12.6. The molecular formula is C21H31N3O4. The molecule has 1 aromatic rings. The highest BCUT2D eigenvalue weighted by molar-refractivity contribution is 5.94. The molecule has 0 saturated carbocycles. The van der Waals surface area contributed by atoms with Crippen LogP contribution in [0.4, 0.5) is 5.69 Å². The van der Waals surface area contributed by atoms with E-state index in [9.17, 15) is 14.4 Å². The van der Waals surface area contributed by atoms with Crippen molar-refractivity contribution in [3.8, 4) is 0 Å². The SMILES string of the molecule is CC(C)COC(=O)CC1C(=O)NCCN1CC(=O)Nc1ccccc1C(C)C. The molecule has 1 atom stereocenters. The quantitative estimate of drug-likeness (QED) is 0.665. The van der Waals surface area contributed by atoms with Gasteiger partial charge in [-0.15, -0.1) is 0 Å². The van der Waals surface area contributed by atoms with Gasteiger partial charge in [-0.25, -0.2) is 0 Å². The minimum absolute atomic E-state index is 0.0436. The zero-order valence-electron chi connectivity index (χ0n) is 17.2. The molecule has 2 N–H and O–H groups in total. The van der Waals surface area contributed by atoms with Gasteiger partial charge in [-0.1, -0.05) is 45.9 Å². The Hall–Kier alpha value is -2.41. The summed E-state index contributed by atoms with van der Waals surface area (Å²) in [4.78, 5) is 38.7. The normalized spacial score (nSPS) is 17.5. The van der Waals surface area contributed by atoms with Crippen molar-refractivity contribution in [2.24, 2.45) is 5.92 Å². The number of piperazine rings is 1. The first-order valence-corrected chi connectivity index (χ1v) is 9.84. The number of ether oxygens (including phenoxy) is 1. The van der Waals surface area contributed by atoms with Gasteiger partial charge < -0.3 is 15.4 Å². The summed E-state index contributed by atoms with van der Waals surface area (Å²) in [6.45, 7) is 9.36. The molecule has 0 aromatic heterocycles. The fraction of sp³-hybridized carbons (Fsp3) is 0.571. The van der Waals surface area contributed by atoms with Crippen LogP contribution in [0.25, 0.3) is 0 Å². The predicted octanol–water partition coefficient (Wildman–Crippen LogP) is 2.14. The number of para-hydroxylation sites is 1. The minimum Gasteiger partial charge on any atom is -0.465 e. The summed E-state index contributed by atoms with van der Waals surface area (Å²) < 4.78 is 5.20. The molecule has 1 aliphatic heterocycles. The minimum atomic E-state index is -0.695. The highest BCUT2D eigenvalue weighted by Gasteiger charge is 2.33. The van der Waals surface area contributed by atoms with Gasteiger partial charge in [0.15, 0.2) is 0 Å². The summed E-state index contributed by atoms with van der Waals surface area (Å²) >= 11 is 0. The monoisotopic (exact) mass is 389 g/mol. The van der Waals surface area contributed by atoms with Crippen LogP contribution in [-0.4, -0.2) is 55.0 Å². The van der Waals surface area contributed by atoms with Crippen LogP contribution in [0.1, 0.15) is 45.6 Å². The third-order valence-corrected chi connectivity index (χ3v) is 4.58. The van der Waals surface area contributed by atoms with Gasteiger partial charge in [0, 0.05) is 18.8 Å². The standard InChI is InChI=1S/C21H31N3O4/c1-14(2)13-28-20(26)11-18-21(27)22-9-10-24(18)12-19(25)23-17-8-6-5-7-16(17)15(3)4/h5-8,14-15,18H,9-13H2,1-4H3,(H,22,27)(H,23,25). The van der Waals surface area contributed by atoms with E-state index in [1.807, 2.05) is 38.1 Å². The number of nitrogens with zero attached hydrogens (tertiary/aromatic N) is 1. The van der Waals surface area contributed by atoms with Crippen LogP contribution in [-0.2, 0) is 19.1 Å². The van der Waals surface area contributed by atoms with Crippen molar-refractivity contribution >= 4 is 23.5 Å². The average molecular weight is 389 g/mol. The number of esters is 1. The van der Waals surface area contributed by atoms with Crippen molar-refractivity contribution in [3.05, 3.63) is 29.8 Å². The number of nitrogens with one attached hydrogen (secondary N) is 2. The topological polar surface area (TPSA) is 87.7 Å². The molecule has 154 valence electrons. The number of hydrogen-bond donors (Lipinski definition) is 2. The van der Waals surface area contributed by atoms with E-state index in [2.05, 4.69) is 24.5 Å². The zero-order valence-corrected chi connectivity index (χ0v) is 17.2. The lowest BCUT2D eigenvalue weighted by Gasteiger charge is -2.34. The van der Waals surface area contributed by atoms with Crippen molar-refractivity contribution in [2.45, 2.75) is 46.1 Å². The van der Waals surface area contributed by atoms with Gasteiger partial charge in [0.1, 0.15) is 6.04 Å². The second-order valence-electron chi connectivity index (χ2n) is 7.85. The largest absolute Gasteiger partial charge is 0.465 e. The first kappa shape index (κ1) is 21.9. The number of rotatable bonds is 8. The molecule has 0 aliphatic carbocycles. The molecule has 1 unspecified atom stereocenters. The second-order valence-corrected chi connectivity index (χ2v) is 7.85. The third kappa shape index (κ3) is 6.34. The van der Waals surface area contributed by atoms with Crippen molar-refractivity contribution in [2.75, 3.05) is 31.6 Å². The lowest BCUT2D eigenvalue weighted by Crippen LogP contribution is -2.57. The lowest BCUT2D eigenvalue weighted by atomic mass is 10.0. The lowest BCUT2D eigenvalue weighted by molar-refractivity contribution is -0.149. The van der Waals surface area contributed by atoms with Crippen LogP contribution in [0.2, 0.25) is 0 Å². The van der Waals surface area contributed by atoms with E-state index < -0.39 is 12.0 Å². The first-order chi connectivity index (χ1) is 13.3. The van der Waals surface area contributed by atoms with Gasteiger partial charge in [0.05, 0.1) is 19.6 Å². The summed E-state index contributed by atoms with van der Waals surface area (Å²) in [5, 5.41) is 5.70. The molecule has 7 nitrogen and oxygen atoms in total. The highest BCUT2D eigenvalue weighted by atomic mass is 16.5. The van der Waals surface area contributed by atoms with Crippen molar-refractivity contribution in [1.82, 2.24) is 10.2 Å². The number of amides is 2. The van der Waals surface area contributed by atoms with Gasteiger partial charge in [-0.2, -0.15) is 0 Å². The highest BCUT2D eigenvalue weighted by Crippen LogP contribution is 2.23. The van der Waals surface area contributed by atoms with Gasteiger partial charge in [0.2, 0.25) is 11.8 Å². The van der Waals surface area contributed by atoms with Crippen LogP contribution in [0, 0.1) is 5.92 Å². The van der Waals surface area contributed by atoms with E-state index in [0.29, 0.717) is 19.7 Å². The molecular weight excluding hydrogens is 358 g/mol. The van der Waals surface area contributed by atoms with E-state index in [1.165, 1.54) is 0 Å². The molecule has 1 aliphatic rings. The third-order valence-electron chi connectivity index (χ3n) is 4.58. The fourth-order valence-corrected chi connectivity index (χ4v) is 3.14. The van der Waals surface area contributed by atoms with Crippen LogP contribution in [0.3, 0.4) is 0 Å². The number of benzene rings is 1. The molecule has 0 spiro atoms. The van der Waals surface area contributed by atoms with Gasteiger partial charge >= 0.3 is 5.97 Å². The van der Waals surface area contributed by atoms with Crippen LogP contribution in [0.15, 0.2) is 24.3 Å². The molecule has 1 aromatic carbocycles. The Morgan fingerprint density at radius 1 is 1.25 bits per heavy atom. The number of hydrogen-bond acceptors (Lipinski definition) is 5.